The Balaban J connectivity index is 2.42. The highest BCUT2D eigenvalue weighted by Gasteiger charge is 2.21. The second-order valence-electron chi connectivity index (χ2n) is 5.36. The highest BCUT2D eigenvalue weighted by atomic mass is 35.5. The van der Waals surface area contributed by atoms with Crippen molar-refractivity contribution < 1.29 is 9.59 Å². The van der Waals surface area contributed by atoms with Gasteiger partial charge in [-0.25, -0.2) is 0 Å². The predicted octanol–water partition coefficient (Wildman–Crippen LogP) is 2.74. The number of nitrogens with one attached hydrogen (secondary N) is 2. The number of amides is 2. The van der Waals surface area contributed by atoms with Crippen molar-refractivity contribution in [3.8, 4) is 0 Å². The van der Waals surface area contributed by atoms with Gasteiger partial charge in [0.1, 0.15) is 0 Å². The van der Waals surface area contributed by atoms with Crippen LogP contribution in [0.3, 0.4) is 0 Å². The van der Waals surface area contributed by atoms with E-state index >= 15 is 0 Å². The number of halogens is 1. The number of hydrogen-bond donors (Lipinski definition) is 2. The molecule has 0 aliphatic carbocycles. The lowest BCUT2D eigenvalue weighted by Crippen LogP contribution is -2.42. The normalized spacial score (nSPS) is 12.9. The van der Waals surface area contributed by atoms with Crippen LogP contribution in [0, 0.1) is 5.41 Å². The summed E-state index contributed by atoms with van der Waals surface area (Å²) in [5, 5.41) is 5.43. The van der Waals surface area contributed by atoms with Gasteiger partial charge < -0.3 is 10.6 Å². The van der Waals surface area contributed by atoms with Crippen molar-refractivity contribution in [1.82, 2.24) is 10.6 Å². The minimum absolute atomic E-state index is 0.0143. The van der Waals surface area contributed by atoms with Crippen molar-refractivity contribution in [2.24, 2.45) is 5.41 Å². The highest BCUT2D eigenvalue weighted by Crippen LogP contribution is 2.26. The largest absolute Gasteiger partial charge is 0.347 e. The van der Waals surface area contributed by atoms with Gasteiger partial charge in [-0.3, -0.25) is 9.59 Å². The van der Waals surface area contributed by atoms with E-state index < -0.39 is 5.41 Å². The average molecular weight is 303 g/mol. The van der Waals surface area contributed by atoms with E-state index in [2.05, 4.69) is 10.6 Å². The van der Waals surface area contributed by atoms with Gasteiger partial charge in [0, 0.05) is 10.3 Å². The summed E-state index contributed by atoms with van der Waals surface area (Å²) in [7, 11) is 0. The zero-order chi connectivity index (χ0) is 14.6. The van der Waals surface area contributed by atoms with Gasteiger partial charge in [0.05, 0.1) is 16.9 Å². The average Bonchev–Trinajstić information content (AvgIpc) is 2.71. The third-order valence-electron chi connectivity index (χ3n) is 2.49. The molecule has 0 aromatic carbocycles. The lowest BCUT2D eigenvalue weighted by Gasteiger charge is -2.18. The number of thiophene rings is 1. The summed E-state index contributed by atoms with van der Waals surface area (Å²) < 4.78 is 0.692. The van der Waals surface area contributed by atoms with Gasteiger partial charge in [-0.1, -0.05) is 32.4 Å². The Morgan fingerprint density at radius 2 is 2.00 bits per heavy atom. The van der Waals surface area contributed by atoms with E-state index in [1.165, 1.54) is 11.3 Å². The first-order valence-electron chi connectivity index (χ1n) is 6.03. The van der Waals surface area contributed by atoms with E-state index in [1.54, 1.807) is 26.8 Å². The molecule has 0 radical (unpaired) electrons. The molecule has 0 bridgehead atoms. The standard InChI is InChI=1S/C13H19ClN2O2S/c1-8(9-5-6-10(14)19-9)16-11(17)7-15-12(18)13(2,3)4/h5-6,8H,7H2,1-4H3,(H,15,18)(H,16,17)/t8-/m0/s1. The molecular weight excluding hydrogens is 284 g/mol. The maximum atomic E-state index is 11.7. The Hall–Kier alpha value is -1.07. The third-order valence-corrected chi connectivity index (χ3v) is 3.90. The molecule has 19 heavy (non-hydrogen) atoms. The summed E-state index contributed by atoms with van der Waals surface area (Å²) in [6.45, 7) is 7.27. The lowest BCUT2D eigenvalue weighted by atomic mass is 9.96. The van der Waals surface area contributed by atoms with E-state index in [0.29, 0.717) is 4.34 Å². The molecular formula is C13H19ClN2O2S. The first-order valence-corrected chi connectivity index (χ1v) is 7.22. The summed E-state index contributed by atoms with van der Waals surface area (Å²) in [4.78, 5) is 24.3. The second-order valence-corrected chi connectivity index (χ2v) is 7.11. The van der Waals surface area contributed by atoms with Gasteiger partial charge in [0.15, 0.2) is 0 Å². The number of carbonyl (C=O) groups excluding carboxylic acids is 2. The fourth-order valence-corrected chi connectivity index (χ4v) is 2.41. The first-order chi connectivity index (χ1) is 8.70. The quantitative estimate of drug-likeness (QED) is 0.898. The molecule has 2 N–H and O–H groups in total. The van der Waals surface area contributed by atoms with Crippen LogP contribution in [-0.4, -0.2) is 18.4 Å². The first kappa shape index (κ1) is 16.0. The van der Waals surface area contributed by atoms with Crippen LogP contribution in [0.2, 0.25) is 4.34 Å². The fourth-order valence-electron chi connectivity index (χ4n) is 1.35. The highest BCUT2D eigenvalue weighted by molar-refractivity contribution is 7.16. The van der Waals surface area contributed by atoms with E-state index in [0.717, 1.165) is 4.88 Å². The molecule has 0 spiro atoms. The molecule has 6 heteroatoms. The van der Waals surface area contributed by atoms with Crippen molar-refractivity contribution >= 4 is 34.8 Å². The number of hydrogen-bond acceptors (Lipinski definition) is 3. The lowest BCUT2D eigenvalue weighted by molar-refractivity contribution is -0.131. The summed E-state index contributed by atoms with van der Waals surface area (Å²) in [5.74, 6) is -0.357. The molecule has 0 unspecified atom stereocenters. The number of rotatable bonds is 4. The van der Waals surface area contributed by atoms with Crippen molar-refractivity contribution in [3.05, 3.63) is 21.3 Å². The van der Waals surface area contributed by atoms with Crippen LogP contribution in [-0.2, 0) is 9.59 Å². The fraction of sp³-hybridized carbons (Fsp3) is 0.538. The maximum absolute atomic E-state index is 11.7. The zero-order valence-corrected chi connectivity index (χ0v) is 13.1. The zero-order valence-electron chi connectivity index (χ0n) is 11.5. The Morgan fingerprint density at radius 1 is 1.37 bits per heavy atom. The van der Waals surface area contributed by atoms with Crippen molar-refractivity contribution in [2.45, 2.75) is 33.7 Å². The molecule has 1 heterocycles. The van der Waals surface area contributed by atoms with Gasteiger partial charge in [-0.2, -0.15) is 0 Å². The summed E-state index contributed by atoms with van der Waals surface area (Å²) >= 11 is 7.27. The summed E-state index contributed by atoms with van der Waals surface area (Å²) in [6, 6.07) is 3.56. The molecule has 4 nitrogen and oxygen atoms in total. The molecule has 0 aliphatic heterocycles. The van der Waals surface area contributed by atoms with Crippen LogP contribution >= 0.6 is 22.9 Å². The Bertz CT molecular complexity index is 465. The monoisotopic (exact) mass is 302 g/mol. The van der Waals surface area contributed by atoms with Crippen LogP contribution in [0.5, 0.6) is 0 Å². The molecule has 0 fully saturated rings. The van der Waals surface area contributed by atoms with Crippen molar-refractivity contribution in [2.75, 3.05) is 6.54 Å². The molecule has 1 aromatic rings. The SMILES string of the molecule is C[C@H](NC(=O)CNC(=O)C(C)(C)C)c1ccc(Cl)s1. The third kappa shape index (κ3) is 5.20. The van der Waals surface area contributed by atoms with Gasteiger partial charge in [0.2, 0.25) is 11.8 Å². The summed E-state index contributed by atoms with van der Waals surface area (Å²) in [5.41, 5.74) is -0.493. The predicted molar refractivity (Wildman–Crippen MR) is 78.4 cm³/mol. The van der Waals surface area contributed by atoms with Gasteiger partial charge in [-0.05, 0) is 19.1 Å². The minimum Gasteiger partial charge on any atom is -0.347 e. The Kier molecular flexibility index (Phi) is 5.38. The second kappa shape index (κ2) is 6.39. The molecule has 1 aromatic heterocycles. The van der Waals surface area contributed by atoms with E-state index in [9.17, 15) is 9.59 Å². The van der Waals surface area contributed by atoms with E-state index in [-0.39, 0.29) is 24.4 Å². The molecule has 0 saturated carbocycles. The topological polar surface area (TPSA) is 58.2 Å². The molecule has 0 saturated heterocycles. The van der Waals surface area contributed by atoms with Gasteiger partial charge in [-0.15, -0.1) is 11.3 Å². The molecule has 106 valence electrons. The number of carbonyl (C=O) groups is 2. The molecule has 2 amide bonds. The van der Waals surface area contributed by atoms with Crippen LogP contribution in [0.25, 0.3) is 0 Å². The molecule has 1 rings (SSSR count). The Morgan fingerprint density at radius 3 is 2.47 bits per heavy atom. The van der Waals surface area contributed by atoms with Crippen molar-refractivity contribution in [3.63, 3.8) is 0 Å². The van der Waals surface area contributed by atoms with Crippen LogP contribution in [0.4, 0.5) is 0 Å². The van der Waals surface area contributed by atoms with Crippen LogP contribution in [0.15, 0.2) is 12.1 Å². The smallest absolute Gasteiger partial charge is 0.239 e. The van der Waals surface area contributed by atoms with Crippen LogP contribution in [0.1, 0.15) is 38.6 Å². The molecule has 0 aliphatic rings. The van der Waals surface area contributed by atoms with Gasteiger partial charge in [0.25, 0.3) is 0 Å². The van der Waals surface area contributed by atoms with E-state index in [4.69, 9.17) is 11.6 Å². The maximum Gasteiger partial charge on any atom is 0.239 e. The Labute approximate surface area is 122 Å². The minimum atomic E-state index is -0.493. The van der Waals surface area contributed by atoms with Crippen molar-refractivity contribution in [1.29, 1.82) is 0 Å². The van der Waals surface area contributed by atoms with Crippen LogP contribution < -0.4 is 10.6 Å². The van der Waals surface area contributed by atoms with E-state index in [1.807, 2.05) is 13.0 Å². The van der Waals surface area contributed by atoms with Gasteiger partial charge >= 0.3 is 0 Å². The summed E-state index contributed by atoms with van der Waals surface area (Å²) in [6.07, 6.45) is 0. The molecule has 1 atom stereocenters.